The first-order valence-corrected chi connectivity index (χ1v) is 12.2. The molecular weight excluding hydrogens is 462 g/mol. The number of hydrogen-bond donors (Lipinski definition) is 1. The summed E-state index contributed by atoms with van der Waals surface area (Å²) in [5.74, 6) is 1.67. The van der Waals surface area contributed by atoms with Crippen LogP contribution in [0.1, 0.15) is 42.5 Å². The summed E-state index contributed by atoms with van der Waals surface area (Å²) in [5.41, 5.74) is 10.9. The molecule has 35 heavy (non-hydrogen) atoms. The molecule has 0 atom stereocenters. The second kappa shape index (κ2) is 9.34. The van der Waals surface area contributed by atoms with Gasteiger partial charge < -0.3 is 15.2 Å². The first-order chi connectivity index (χ1) is 17.0. The number of aromatic nitrogens is 3. The minimum absolute atomic E-state index is 0.258. The molecular formula is C26H25N5O3S. The van der Waals surface area contributed by atoms with Crippen molar-refractivity contribution in [1.29, 1.82) is 0 Å². The van der Waals surface area contributed by atoms with Crippen molar-refractivity contribution in [2.75, 3.05) is 18.9 Å². The number of aliphatic imine (C=N–C) groups is 1. The smallest absolute Gasteiger partial charge is 0.283 e. The third kappa shape index (κ3) is 4.30. The average Bonchev–Trinajstić information content (AvgIpc) is 3.38. The van der Waals surface area contributed by atoms with Gasteiger partial charge in [0, 0.05) is 23.3 Å². The lowest BCUT2D eigenvalue weighted by atomic mass is 10.0. The molecule has 8 nitrogen and oxygen atoms in total. The molecule has 0 unspecified atom stereocenters. The number of benzene rings is 2. The fourth-order valence-electron chi connectivity index (χ4n) is 4.07. The molecule has 3 heterocycles. The molecule has 4 aromatic rings. The molecule has 0 saturated heterocycles. The number of nitrogen functional groups attached to an aromatic ring is 1. The van der Waals surface area contributed by atoms with Gasteiger partial charge in [-0.2, -0.15) is 14.6 Å². The van der Waals surface area contributed by atoms with Crippen LogP contribution in [0.25, 0.3) is 16.6 Å². The Kier molecular flexibility index (Phi) is 6.08. The molecule has 1 aliphatic rings. The monoisotopic (exact) mass is 487 g/mol. The second-order valence-electron chi connectivity index (χ2n) is 8.00. The predicted octanol–water partition coefficient (Wildman–Crippen LogP) is 4.77. The molecule has 9 heteroatoms. The van der Waals surface area contributed by atoms with Gasteiger partial charge in [-0.15, -0.1) is 0 Å². The van der Waals surface area contributed by atoms with Gasteiger partial charge in [-0.05, 0) is 50.6 Å². The summed E-state index contributed by atoms with van der Waals surface area (Å²) in [6.45, 7) is 6.89. The van der Waals surface area contributed by atoms with Gasteiger partial charge >= 0.3 is 0 Å². The van der Waals surface area contributed by atoms with Crippen molar-refractivity contribution in [1.82, 2.24) is 14.6 Å². The van der Waals surface area contributed by atoms with Crippen LogP contribution in [0.3, 0.4) is 0 Å². The number of anilines is 1. The molecule has 0 radical (unpaired) electrons. The van der Waals surface area contributed by atoms with Gasteiger partial charge in [-0.25, -0.2) is 0 Å². The highest BCUT2D eigenvalue weighted by Gasteiger charge is 2.20. The number of para-hydroxylation sites is 1. The number of nitrogens with zero attached hydrogens (tertiary/aromatic N) is 4. The quantitative estimate of drug-likeness (QED) is 0.403. The van der Waals surface area contributed by atoms with E-state index in [-0.39, 0.29) is 11.4 Å². The van der Waals surface area contributed by atoms with E-state index in [1.807, 2.05) is 63.2 Å². The Bertz CT molecular complexity index is 1550. The van der Waals surface area contributed by atoms with E-state index in [9.17, 15) is 4.79 Å². The van der Waals surface area contributed by atoms with Crippen LogP contribution in [-0.4, -0.2) is 33.5 Å². The van der Waals surface area contributed by atoms with Crippen molar-refractivity contribution in [3.8, 4) is 11.5 Å². The first kappa shape index (κ1) is 22.8. The zero-order valence-electron chi connectivity index (χ0n) is 19.7. The van der Waals surface area contributed by atoms with Crippen LogP contribution in [-0.2, 0) is 6.42 Å². The highest BCUT2D eigenvalue weighted by Crippen LogP contribution is 2.36. The third-order valence-electron chi connectivity index (χ3n) is 5.66. The highest BCUT2D eigenvalue weighted by molar-refractivity contribution is 7.16. The van der Waals surface area contributed by atoms with Crippen LogP contribution in [0.2, 0.25) is 0 Å². The second-order valence-corrected chi connectivity index (χ2v) is 9.04. The third-order valence-corrected chi connectivity index (χ3v) is 6.57. The molecule has 0 amide bonds. The zero-order chi connectivity index (χ0) is 24.5. The summed E-state index contributed by atoms with van der Waals surface area (Å²) in [5, 5.41) is 5.44. The topological polar surface area (TPSA) is 104 Å². The Morgan fingerprint density at radius 3 is 2.66 bits per heavy atom. The van der Waals surface area contributed by atoms with E-state index in [2.05, 4.69) is 15.1 Å². The Balaban J connectivity index is 1.51. The highest BCUT2D eigenvalue weighted by atomic mass is 32.1. The van der Waals surface area contributed by atoms with E-state index in [1.165, 1.54) is 11.3 Å². The lowest BCUT2D eigenvalue weighted by molar-refractivity contribution is 0.287. The Labute approximate surface area is 206 Å². The minimum Gasteiger partial charge on any atom is -0.490 e. The maximum absolute atomic E-state index is 12.9. The molecule has 2 aromatic heterocycles. The van der Waals surface area contributed by atoms with Gasteiger partial charge in [-0.1, -0.05) is 35.6 Å². The average molecular weight is 488 g/mol. The van der Waals surface area contributed by atoms with Crippen LogP contribution in [0.4, 0.5) is 11.5 Å². The van der Waals surface area contributed by atoms with E-state index in [0.717, 1.165) is 33.1 Å². The summed E-state index contributed by atoms with van der Waals surface area (Å²) in [7, 11) is 0. The van der Waals surface area contributed by atoms with Crippen molar-refractivity contribution in [3.05, 3.63) is 74.5 Å². The summed E-state index contributed by atoms with van der Waals surface area (Å²) < 4.78 is 12.9. The van der Waals surface area contributed by atoms with Gasteiger partial charge in [0.25, 0.3) is 5.56 Å². The maximum Gasteiger partial charge on any atom is 0.283 e. The van der Waals surface area contributed by atoms with Crippen molar-refractivity contribution < 1.29 is 9.47 Å². The van der Waals surface area contributed by atoms with Gasteiger partial charge in [0.05, 0.1) is 24.5 Å². The van der Waals surface area contributed by atoms with Crippen LogP contribution in [0, 0.1) is 0 Å². The molecule has 178 valence electrons. The number of ether oxygens (including phenoxy) is 2. The summed E-state index contributed by atoms with van der Waals surface area (Å²) >= 11 is 1.34. The molecule has 0 aliphatic carbocycles. The van der Waals surface area contributed by atoms with Gasteiger partial charge in [0.2, 0.25) is 4.96 Å². The molecule has 0 saturated carbocycles. The van der Waals surface area contributed by atoms with E-state index in [4.69, 9.17) is 15.2 Å². The predicted molar refractivity (Wildman–Crippen MR) is 140 cm³/mol. The maximum atomic E-state index is 12.9. The number of hydrogen-bond acceptors (Lipinski definition) is 8. The molecule has 0 fully saturated rings. The van der Waals surface area contributed by atoms with E-state index < -0.39 is 0 Å². The molecule has 2 aromatic carbocycles. The molecule has 2 N–H and O–H groups in total. The minimum atomic E-state index is -0.387. The van der Waals surface area contributed by atoms with E-state index >= 15 is 0 Å². The number of rotatable bonds is 7. The van der Waals surface area contributed by atoms with Crippen molar-refractivity contribution in [2.24, 2.45) is 4.99 Å². The van der Waals surface area contributed by atoms with Crippen molar-refractivity contribution in [2.45, 2.75) is 27.2 Å². The summed E-state index contributed by atoms with van der Waals surface area (Å²) in [4.78, 5) is 22.2. The van der Waals surface area contributed by atoms with Crippen LogP contribution < -0.4 is 20.8 Å². The Morgan fingerprint density at radius 1 is 1.09 bits per heavy atom. The van der Waals surface area contributed by atoms with Gasteiger partial charge in [-0.3, -0.25) is 9.79 Å². The fraction of sp³-hybridized carbons (Fsp3) is 0.231. The number of allylic oxidation sites excluding steroid dienone is 1. The molecule has 0 bridgehead atoms. The lowest BCUT2D eigenvalue weighted by Crippen LogP contribution is -2.17. The van der Waals surface area contributed by atoms with Crippen molar-refractivity contribution in [3.63, 3.8) is 0 Å². The number of fused-ring (bicyclic) bond motifs is 2. The largest absolute Gasteiger partial charge is 0.490 e. The van der Waals surface area contributed by atoms with Crippen LogP contribution in [0.15, 0.2) is 52.3 Å². The molecule has 5 rings (SSSR count). The van der Waals surface area contributed by atoms with Crippen LogP contribution >= 0.6 is 11.3 Å². The molecule has 1 aliphatic heterocycles. The Morgan fingerprint density at radius 2 is 1.86 bits per heavy atom. The normalized spacial score (nSPS) is 13.8. The first-order valence-electron chi connectivity index (χ1n) is 11.4. The lowest BCUT2D eigenvalue weighted by Gasteiger charge is -2.11. The summed E-state index contributed by atoms with van der Waals surface area (Å²) in [6.07, 6.45) is 2.31. The van der Waals surface area contributed by atoms with Gasteiger partial charge in [0.1, 0.15) is 10.8 Å². The number of nitrogens with two attached hydrogens (primary N) is 1. The van der Waals surface area contributed by atoms with E-state index in [0.29, 0.717) is 41.7 Å². The molecule has 0 spiro atoms. The fourth-order valence-corrected chi connectivity index (χ4v) is 5.00. The van der Waals surface area contributed by atoms with Crippen molar-refractivity contribution >= 4 is 45.2 Å². The van der Waals surface area contributed by atoms with Crippen LogP contribution in [0.5, 0.6) is 11.5 Å². The Hall–Kier alpha value is -3.98. The SMILES string of the molecule is CCOc1ccc(Cc2nn3c(N)c(C=C4C(C)=Nc5ccccc54)c(=O)nc3s2)cc1OCC. The zero-order valence-corrected chi connectivity index (χ0v) is 20.6. The standard InChI is InChI=1S/C26H25N5O3S/c1-4-33-21-11-10-16(12-22(21)34-5-2)13-23-30-31-24(27)19(25(32)29-26(31)35-23)14-18-15(3)28-20-9-7-6-8-17(18)20/h6-12,14H,4-5,13,27H2,1-3H3. The summed E-state index contributed by atoms with van der Waals surface area (Å²) in [6, 6.07) is 13.7. The van der Waals surface area contributed by atoms with E-state index in [1.54, 1.807) is 10.6 Å². The van der Waals surface area contributed by atoms with Gasteiger partial charge in [0.15, 0.2) is 11.5 Å².